The minimum Gasteiger partial charge on any atom is -0.306 e. The van der Waals surface area contributed by atoms with Crippen LogP contribution in [-0.4, -0.2) is 11.8 Å². The van der Waals surface area contributed by atoms with Gasteiger partial charge in [-0.15, -0.1) is 11.8 Å². The van der Waals surface area contributed by atoms with Crippen LogP contribution in [-0.2, 0) is 0 Å². The van der Waals surface area contributed by atoms with Gasteiger partial charge in [0.2, 0.25) is 0 Å². The fourth-order valence-corrected chi connectivity index (χ4v) is 3.03. The molecule has 0 saturated carbocycles. The molecule has 0 aromatic heterocycles. The van der Waals surface area contributed by atoms with E-state index in [1.807, 2.05) is 11.8 Å². The molecule has 0 spiro atoms. The molecule has 16 heavy (non-hydrogen) atoms. The summed E-state index contributed by atoms with van der Waals surface area (Å²) in [6, 6.07) is 9.80. The first-order valence-electron chi connectivity index (χ1n) is 5.96. The highest BCUT2D eigenvalue weighted by Crippen LogP contribution is 2.38. The summed E-state index contributed by atoms with van der Waals surface area (Å²) >= 11 is 1.97. The van der Waals surface area contributed by atoms with E-state index in [0.29, 0.717) is 17.5 Å². The maximum atomic E-state index is 3.75. The molecule has 0 amide bonds. The Labute approximate surface area is 103 Å². The molecule has 1 aliphatic heterocycles. The lowest BCUT2D eigenvalue weighted by molar-refractivity contribution is 0.269. The summed E-state index contributed by atoms with van der Waals surface area (Å²) in [6.45, 7) is 9.15. The van der Waals surface area contributed by atoms with Crippen LogP contribution >= 0.6 is 11.8 Å². The van der Waals surface area contributed by atoms with Crippen LogP contribution in [0.1, 0.15) is 39.3 Å². The zero-order chi connectivity index (χ0) is 11.8. The third-order valence-electron chi connectivity index (χ3n) is 3.45. The van der Waals surface area contributed by atoms with Gasteiger partial charge in [-0.25, -0.2) is 0 Å². The van der Waals surface area contributed by atoms with E-state index in [0.717, 1.165) is 0 Å². The number of thioether (sulfide) groups is 1. The molecule has 1 aromatic rings. The molecule has 2 unspecified atom stereocenters. The molecule has 2 heteroatoms. The van der Waals surface area contributed by atoms with Gasteiger partial charge < -0.3 is 5.32 Å². The summed E-state index contributed by atoms with van der Waals surface area (Å²) < 4.78 is 0. The first-order valence-corrected chi connectivity index (χ1v) is 6.95. The molecule has 88 valence electrons. The van der Waals surface area contributed by atoms with Crippen LogP contribution in [0.5, 0.6) is 0 Å². The standard InChI is InChI=1S/C14H21NS/c1-10(14(2,3)4)15-12-9-16-13-8-6-5-7-11(12)13/h5-8,10,12,15H,9H2,1-4H3. The Balaban J connectivity index is 2.09. The second kappa shape index (κ2) is 4.42. The van der Waals surface area contributed by atoms with Crippen LogP contribution in [0.25, 0.3) is 0 Å². The van der Waals surface area contributed by atoms with Crippen LogP contribution in [0.3, 0.4) is 0 Å². The van der Waals surface area contributed by atoms with Crippen molar-refractivity contribution in [1.29, 1.82) is 0 Å². The van der Waals surface area contributed by atoms with E-state index in [1.54, 1.807) is 0 Å². The zero-order valence-corrected chi connectivity index (χ0v) is 11.4. The van der Waals surface area contributed by atoms with E-state index in [2.05, 4.69) is 57.3 Å². The molecule has 0 radical (unpaired) electrons. The van der Waals surface area contributed by atoms with Crippen LogP contribution in [0.2, 0.25) is 0 Å². The van der Waals surface area contributed by atoms with Gasteiger partial charge in [-0.05, 0) is 24.0 Å². The van der Waals surface area contributed by atoms with Gasteiger partial charge in [0.25, 0.3) is 0 Å². The molecule has 2 atom stereocenters. The molecular formula is C14H21NS. The molecular weight excluding hydrogens is 214 g/mol. The molecule has 1 N–H and O–H groups in total. The van der Waals surface area contributed by atoms with Gasteiger partial charge in [0.15, 0.2) is 0 Å². The number of benzene rings is 1. The largest absolute Gasteiger partial charge is 0.306 e. The summed E-state index contributed by atoms with van der Waals surface area (Å²) in [6.07, 6.45) is 0. The first kappa shape index (κ1) is 12.0. The van der Waals surface area contributed by atoms with Gasteiger partial charge >= 0.3 is 0 Å². The molecule has 1 heterocycles. The summed E-state index contributed by atoms with van der Waals surface area (Å²) in [5, 5.41) is 3.75. The number of nitrogens with one attached hydrogen (secondary N) is 1. The second-order valence-electron chi connectivity index (χ2n) is 5.66. The minimum atomic E-state index is 0.322. The van der Waals surface area contributed by atoms with Crippen LogP contribution in [0.4, 0.5) is 0 Å². The molecule has 0 fully saturated rings. The van der Waals surface area contributed by atoms with E-state index in [-0.39, 0.29) is 0 Å². The number of hydrogen-bond acceptors (Lipinski definition) is 2. The van der Waals surface area contributed by atoms with Crippen molar-refractivity contribution < 1.29 is 0 Å². The van der Waals surface area contributed by atoms with E-state index >= 15 is 0 Å². The summed E-state index contributed by atoms with van der Waals surface area (Å²) in [5.41, 5.74) is 1.80. The van der Waals surface area contributed by atoms with Crippen molar-refractivity contribution in [1.82, 2.24) is 5.32 Å². The van der Waals surface area contributed by atoms with Crippen LogP contribution in [0.15, 0.2) is 29.2 Å². The van der Waals surface area contributed by atoms with E-state index < -0.39 is 0 Å². The van der Waals surface area contributed by atoms with Gasteiger partial charge in [0, 0.05) is 22.7 Å². The van der Waals surface area contributed by atoms with E-state index in [1.165, 1.54) is 16.2 Å². The molecule has 1 aliphatic rings. The fourth-order valence-electron chi connectivity index (χ4n) is 1.85. The molecule has 0 aliphatic carbocycles. The Morgan fingerprint density at radius 3 is 2.69 bits per heavy atom. The molecule has 0 bridgehead atoms. The molecule has 1 aromatic carbocycles. The number of hydrogen-bond donors (Lipinski definition) is 1. The SMILES string of the molecule is CC(NC1CSc2ccccc21)C(C)(C)C. The average molecular weight is 235 g/mol. The fraction of sp³-hybridized carbons (Fsp3) is 0.571. The summed E-state index contributed by atoms with van der Waals surface area (Å²) in [5.74, 6) is 1.17. The van der Waals surface area contributed by atoms with Gasteiger partial charge in [0.1, 0.15) is 0 Å². The van der Waals surface area contributed by atoms with Crippen LogP contribution in [0, 0.1) is 5.41 Å². The molecule has 1 nitrogen and oxygen atoms in total. The third-order valence-corrected chi connectivity index (χ3v) is 4.63. The quantitative estimate of drug-likeness (QED) is 0.835. The number of fused-ring (bicyclic) bond motifs is 1. The van der Waals surface area contributed by atoms with Gasteiger partial charge in [0.05, 0.1) is 0 Å². The first-order chi connectivity index (χ1) is 7.48. The maximum absolute atomic E-state index is 3.75. The Hall–Kier alpha value is -0.470. The highest BCUT2D eigenvalue weighted by Gasteiger charge is 2.27. The Kier molecular flexibility index (Phi) is 3.32. The predicted molar refractivity (Wildman–Crippen MR) is 72.0 cm³/mol. The van der Waals surface area contributed by atoms with Crippen molar-refractivity contribution in [2.75, 3.05) is 5.75 Å². The van der Waals surface area contributed by atoms with Crippen molar-refractivity contribution in [2.45, 2.75) is 44.7 Å². The topological polar surface area (TPSA) is 12.0 Å². The smallest absolute Gasteiger partial charge is 0.0428 e. The van der Waals surface area contributed by atoms with Crippen molar-refractivity contribution in [3.63, 3.8) is 0 Å². The van der Waals surface area contributed by atoms with E-state index in [4.69, 9.17) is 0 Å². The summed E-state index contributed by atoms with van der Waals surface area (Å²) in [7, 11) is 0. The van der Waals surface area contributed by atoms with Crippen molar-refractivity contribution in [2.24, 2.45) is 5.41 Å². The van der Waals surface area contributed by atoms with Crippen molar-refractivity contribution in [3.8, 4) is 0 Å². The molecule has 0 saturated heterocycles. The normalized spacial score (nSPS) is 21.9. The van der Waals surface area contributed by atoms with Gasteiger partial charge in [-0.2, -0.15) is 0 Å². The molecule has 2 rings (SSSR count). The van der Waals surface area contributed by atoms with Crippen LogP contribution < -0.4 is 5.32 Å². The Morgan fingerprint density at radius 2 is 2.00 bits per heavy atom. The van der Waals surface area contributed by atoms with Gasteiger partial charge in [-0.1, -0.05) is 39.0 Å². The Morgan fingerprint density at radius 1 is 1.31 bits per heavy atom. The van der Waals surface area contributed by atoms with E-state index in [9.17, 15) is 0 Å². The second-order valence-corrected chi connectivity index (χ2v) is 6.72. The highest BCUT2D eigenvalue weighted by molar-refractivity contribution is 7.99. The Bertz CT molecular complexity index is 367. The monoisotopic (exact) mass is 235 g/mol. The highest BCUT2D eigenvalue weighted by atomic mass is 32.2. The summed E-state index contributed by atoms with van der Waals surface area (Å²) in [4.78, 5) is 1.45. The van der Waals surface area contributed by atoms with Gasteiger partial charge in [-0.3, -0.25) is 0 Å². The predicted octanol–water partition coefficient (Wildman–Crippen LogP) is 3.86. The lowest BCUT2D eigenvalue weighted by Gasteiger charge is -2.31. The minimum absolute atomic E-state index is 0.322. The van der Waals surface area contributed by atoms with Crippen molar-refractivity contribution >= 4 is 11.8 Å². The van der Waals surface area contributed by atoms with Crippen molar-refractivity contribution in [3.05, 3.63) is 29.8 Å². The lowest BCUT2D eigenvalue weighted by Crippen LogP contribution is -2.40. The lowest BCUT2D eigenvalue weighted by atomic mass is 9.87. The maximum Gasteiger partial charge on any atom is 0.0428 e. The zero-order valence-electron chi connectivity index (χ0n) is 10.6. The average Bonchev–Trinajstić information content (AvgIpc) is 2.61. The number of rotatable bonds is 2. The third kappa shape index (κ3) is 2.44.